The molecule has 1 aromatic rings. The second-order valence-corrected chi connectivity index (χ2v) is 5.97. The van der Waals surface area contributed by atoms with E-state index in [2.05, 4.69) is 4.90 Å². The van der Waals surface area contributed by atoms with E-state index in [9.17, 15) is 5.11 Å². The van der Waals surface area contributed by atoms with Gasteiger partial charge in [0.25, 0.3) is 0 Å². The number of nitrogens with zero attached hydrogens (tertiary/aromatic N) is 1. The Morgan fingerprint density at radius 2 is 2.24 bits per heavy atom. The number of rotatable bonds is 6. The zero-order chi connectivity index (χ0) is 15.4. The van der Waals surface area contributed by atoms with Gasteiger partial charge in [0.05, 0.1) is 24.8 Å². The molecule has 0 aliphatic carbocycles. The third-order valence-corrected chi connectivity index (χ3v) is 4.25. The molecule has 0 saturated carbocycles. The first-order valence-electron chi connectivity index (χ1n) is 7.44. The molecule has 1 fully saturated rings. The van der Waals surface area contributed by atoms with Gasteiger partial charge in [0.15, 0.2) is 11.5 Å². The van der Waals surface area contributed by atoms with Crippen molar-refractivity contribution in [3.05, 3.63) is 22.7 Å². The van der Waals surface area contributed by atoms with Crippen LogP contribution < -0.4 is 9.47 Å². The average Bonchev–Trinajstić information content (AvgIpc) is 2.87. The van der Waals surface area contributed by atoms with Crippen LogP contribution in [-0.2, 0) is 6.54 Å². The van der Waals surface area contributed by atoms with Gasteiger partial charge in [-0.25, -0.2) is 0 Å². The third-order valence-electron chi connectivity index (χ3n) is 3.97. The largest absolute Gasteiger partial charge is 0.491 e. The van der Waals surface area contributed by atoms with E-state index in [1.54, 1.807) is 7.11 Å². The maximum atomic E-state index is 9.68. The maximum Gasteiger partial charge on any atom is 0.179 e. The number of ether oxygens (including phenoxy) is 2. The molecular formula is C16H24ClNO3. The van der Waals surface area contributed by atoms with Crippen LogP contribution in [0.3, 0.4) is 0 Å². The highest BCUT2D eigenvalue weighted by Crippen LogP contribution is 2.37. The summed E-state index contributed by atoms with van der Waals surface area (Å²) in [5.74, 6) is 1.64. The number of halogens is 1. The van der Waals surface area contributed by atoms with E-state index in [1.807, 2.05) is 26.0 Å². The van der Waals surface area contributed by atoms with E-state index >= 15 is 0 Å². The summed E-state index contributed by atoms with van der Waals surface area (Å²) in [5.41, 5.74) is 1.11. The van der Waals surface area contributed by atoms with Gasteiger partial charge in [-0.05, 0) is 50.4 Å². The van der Waals surface area contributed by atoms with Gasteiger partial charge in [0.2, 0.25) is 0 Å². The first-order valence-corrected chi connectivity index (χ1v) is 7.82. The second-order valence-electron chi connectivity index (χ2n) is 5.57. The lowest BCUT2D eigenvalue weighted by Gasteiger charge is -2.19. The van der Waals surface area contributed by atoms with Crippen molar-refractivity contribution in [2.24, 2.45) is 5.92 Å². The molecule has 1 aliphatic heterocycles. The Bertz CT molecular complexity index is 479. The molecule has 21 heavy (non-hydrogen) atoms. The van der Waals surface area contributed by atoms with Crippen molar-refractivity contribution in [1.29, 1.82) is 0 Å². The van der Waals surface area contributed by atoms with Gasteiger partial charge < -0.3 is 14.6 Å². The lowest BCUT2D eigenvalue weighted by molar-refractivity contribution is 0.127. The zero-order valence-corrected chi connectivity index (χ0v) is 13.7. The summed E-state index contributed by atoms with van der Waals surface area (Å²) in [6.45, 7) is 7.12. The van der Waals surface area contributed by atoms with Gasteiger partial charge in [-0.2, -0.15) is 0 Å². The summed E-state index contributed by atoms with van der Waals surface area (Å²) in [6.07, 6.45) is 0.799. The number of hydrogen-bond donors (Lipinski definition) is 1. The van der Waals surface area contributed by atoms with Gasteiger partial charge in [-0.15, -0.1) is 0 Å². The minimum absolute atomic E-state index is 0.242. The molecule has 2 atom stereocenters. The molecule has 1 aliphatic rings. The first-order chi connectivity index (χ1) is 10.0. The Balaban J connectivity index is 2.10. The van der Waals surface area contributed by atoms with Gasteiger partial charge in [0.1, 0.15) is 0 Å². The maximum absolute atomic E-state index is 9.68. The second kappa shape index (κ2) is 7.34. The molecule has 1 saturated heterocycles. The molecule has 0 amide bonds. The fourth-order valence-electron chi connectivity index (χ4n) is 2.83. The lowest BCUT2D eigenvalue weighted by Crippen LogP contribution is -2.24. The fourth-order valence-corrected chi connectivity index (χ4v) is 3.14. The van der Waals surface area contributed by atoms with E-state index in [0.29, 0.717) is 29.0 Å². The molecular weight excluding hydrogens is 290 g/mol. The topological polar surface area (TPSA) is 41.9 Å². The highest BCUT2D eigenvalue weighted by Gasteiger charge is 2.26. The van der Waals surface area contributed by atoms with E-state index in [4.69, 9.17) is 21.1 Å². The van der Waals surface area contributed by atoms with Crippen LogP contribution in [0.1, 0.15) is 25.8 Å². The Morgan fingerprint density at radius 3 is 2.81 bits per heavy atom. The summed E-state index contributed by atoms with van der Waals surface area (Å²) < 4.78 is 10.9. The van der Waals surface area contributed by atoms with Crippen molar-refractivity contribution in [1.82, 2.24) is 4.90 Å². The van der Waals surface area contributed by atoms with Gasteiger partial charge in [0, 0.05) is 13.1 Å². The smallest absolute Gasteiger partial charge is 0.179 e. The summed E-state index contributed by atoms with van der Waals surface area (Å²) in [4.78, 5) is 2.34. The fraction of sp³-hybridized carbons (Fsp3) is 0.625. The molecule has 1 heterocycles. The van der Waals surface area contributed by atoms with E-state index in [1.165, 1.54) is 0 Å². The molecule has 1 aromatic carbocycles. The average molecular weight is 314 g/mol. The number of likely N-dealkylation sites (tertiary alicyclic amines) is 1. The molecule has 0 spiro atoms. The molecule has 1 N–H and O–H groups in total. The molecule has 0 bridgehead atoms. The number of aliphatic hydroxyl groups excluding tert-OH is 1. The predicted octanol–water partition coefficient (Wildman–Crippen LogP) is 2.95. The van der Waals surface area contributed by atoms with Crippen molar-refractivity contribution in [3.8, 4) is 11.5 Å². The van der Waals surface area contributed by atoms with Crippen molar-refractivity contribution in [2.45, 2.75) is 32.9 Å². The highest BCUT2D eigenvalue weighted by atomic mass is 35.5. The zero-order valence-electron chi connectivity index (χ0n) is 12.9. The monoisotopic (exact) mass is 313 g/mol. The molecule has 118 valence electrons. The van der Waals surface area contributed by atoms with Crippen molar-refractivity contribution in [2.75, 3.05) is 26.8 Å². The van der Waals surface area contributed by atoms with Crippen LogP contribution in [-0.4, -0.2) is 42.9 Å². The molecule has 2 rings (SSSR count). The number of hydrogen-bond acceptors (Lipinski definition) is 4. The van der Waals surface area contributed by atoms with Crippen LogP contribution in [0.25, 0.3) is 0 Å². The number of aliphatic hydroxyl groups is 1. The van der Waals surface area contributed by atoms with E-state index < -0.39 is 0 Å². The molecule has 5 heteroatoms. The summed E-state index contributed by atoms with van der Waals surface area (Å²) in [5, 5.41) is 10.3. The van der Waals surface area contributed by atoms with Gasteiger partial charge in [-0.3, -0.25) is 4.90 Å². The number of benzene rings is 1. The summed E-state index contributed by atoms with van der Waals surface area (Å²) in [6, 6.07) is 3.92. The normalized spacial score (nSPS) is 20.5. The van der Waals surface area contributed by atoms with Crippen LogP contribution in [0.5, 0.6) is 11.5 Å². The number of methoxy groups -OCH3 is 1. The molecule has 0 aromatic heterocycles. The molecule has 0 radical (unpaired) electrons. The Labute approximate surface area is 131 Å². The van der Waals surface area contributed by atoms with Gasteiger partial charge in [-0.1, -0.05) is 11.6 Å². The Kier molecular flexibility index (Phi) is 5.73. The van der Waals surface area contributed by atoms with Crippen LogP contribution >= 0.6 is 11.6 Å². The van der Waals surface area contributed by atoms with Crippen LogP contribution in [0.15, 0.2) is 12.1 Å². The van der Waals surface area contributed by atoms with Gasteiger partial charge >= 0.3 is 0 Å². The Hall–Kier alpha value is -0.970. The van der Waals surface area contributed by atoms with Crippen LogP contribution in [0.2, 0.25) is 5.02 Å². The SMILES string of the molecule is CCOc1cc(CN2CCC(C(C)O)C2)cc(Cl)c1OC. The predicted molar refractivity (Wildman–Crippen MR) is 84.2 cm³/mol. The minimum Gasteiger partial charge on any atom is -0.491 e. The van der Waals surface area contributed by atoms with Crippen molar-refractivity contribution >= 4 is 11.6 Å². The van der Waals surface area contributed by atoms with E-state index in [-0.39, 0.29) is 6.10 Å². The third kappa shape index (κ3) is 4.02. The van der Waals surface area contributed by atoms with E-state index in [0.717, 1.165) is 31.6 Å². The minimum atomic E-state index is -0.242. The quantitative estimate of drug-likeness (QED) is 0.877. The first kappa shape index (κ1) is 16.4. The van der Waals surface area contributed by atoms with Crippen LogP contribution in [0, 0.1) is 5.92 Å². The lowest BCUT2D eigenvalue weighted by atomic mass is 10.0. The van der Waals surface area contributed by atoms with Crippen molar-refractivity contribution in [3.63, 3.8) is 0 Å². The Morgan fingerprint density at radius 1 is 1.48 bits per heavy atom. The van der Waals surface area contributed by atoms with Crippen molar-refractivity contribution < 1.29 is 14.6 Å². The van der Waals surface area contributed by atoms with Crippen LogP contribution in [0.4, 0.5) is 0 Å². The summed E-state index contributed by atoms with van der Waals surface area (Å²) in [7, 11) is 1.59. The molecule has 2 unspecified atom stereocenters. The summed E-state index contributed by atoms with van der Waals surface area (Å²) >= 11 is 6.27. The standard InChI is InChI=1S/C16H24ClNO3/c1-4-21-15-8-12(7-14(17)16(15)20-3)9-18-6-5-13(10-18)11(2)19/h7-8,11,13,19H,4-6,9-10H2,1-3H3. The highest BCUT2D eigenvalue weighted by molar-refractivity contribution is 6.32. The molecule has 4 nitrogen and oxygen atoms in total.